The molecule has 0 spiro atoms. The van der Waals surface area contributed by atoms with Crippen molar-refractivity contribution < 1.29 is 0 Å². The number of nitrogen functional groups attached to an aromatic ring is 1. The van der Waals surface area contributed by atoms with Crippen LogP contribution in [-0.4, -0.2) is 21.3 Å². The van der Waals surface area contributed by atoms with E-state index in [0.717, 1.165) is 36.6 Å². The molecule has 0 radical (unpaired) electrons. The Hall–Kier alpha value is -2.04. The van der Waals surface area contributed by atoms with Gasteiger partial charge in [-0.1, -0.05) is 6.92 Å². The first-order valence-corrected chi connectivity index (χ1v) is 6.16. The molecular weight excluding hydrogens is 226 g/mol. The SMILES string of the molecule is CCc1nn(C)c(NCCc2ccncc2)c1N. The molecular formula is C13H19N5. The summed E-state index contributed by atoms with van der Waals surface area (Å²) in [6, 6.07) is 4.04. The average molecular weight is 245 g/mol. The maximum atomic E-state index is 6.04. The van der Waals surface area contributed by atoms with Crippen LogP contribution < -0.4 is 11.1 Å². The summed E-state index contributed by atoms with van der Waals surface area (Å²) < 4.78 is 1.81. The first-order valence-electron chi connectivity index (χ1n) is 6.16. The standard InChI is InChI=1S/C13H19N5/c1-3-11-12(14)13(18(2)17-11)16-9-6-10-4-7-15-8-5-10/h4-5,7-8,16H,3,6,9,14H2,1-2H3. The molecule has 0 aromatic carbocycles. The Kier molecular flexibility index (Phi) is 3.82. The molecule has 0 amide bonds. The van der Waals surface area contributed by atoms with Crippen LogP contribution in [0.2, 0.25) is 0 Å². The number of nitrogens with two attached hydrogens (primary N) is 1. The Balaban J connectivity index is 1.96. The lowest BCUT2D eigenvalue weighted by Crippen LogP contribution is -2.10. The van der Waals surface area contributed by atoms with E-state index in [1.807, 2.05) is 31.6 Å². The van der Waals surface area contributed by atoms with Gasteiger partial charge in [-0.3, -0.25) is 9.67 Å². The molecule has 2 rings (SSSR count). The van der Waals surface area contributed by atoms with Gasteiger partial charge in [-0.15, -0.1) is 0 Å². The normalized spacial score (nSPS) is 10.6. The Morgan fingerprint density at radius 1 is 1.33 bits per heavy atom. The molecule has 18 heavy (non-hydrogen) atoms. The van der Waals surface area contributed by atoms with Gasteiger partial charge < -0.3 is 11.1 Å². The van der Waals surface area contributed by atoms with Crippen LogP contribution in [0, 0.1) is 0 Å². The number of hydrogen-bond acceptors (Lipinski definition) is 4. The molecule has 3 N–H and O–H groups in total. The minimum atomic E-state index is 0.759. The minimum Gasteiger partial charge on any atom is -0.394 e. The van der Waals surface area contributed by atoms with E-state index in [4.69, 9.17) is 5.73 Å². The number of hydrogen-bond donors (Lipinski definition) is 2. The second kappa shape index (κ2) is 5.53. The molecule has 0 bridgehead atoms. The van der Waals surface area contributed by atoms with Crippen molar-refractivity contribution in [1.29, 1.82) is 0 Å². The van der Waals surface area contributed by atoms with Gasteiger partial charge in [0.05, 0.1) is 11.4 Å². The summed E-state index contributed by atoms with van der Waals surface area (Å²) in [6.45, 7) is 2.89. The average Bonchev–Trinajstić information content (AvgIpc) is 2.67. The quantitative estimate of drug-likeness (QED) is 0.839. The summed E-state index contributed by atoms with van der Waals surface area (Å²) >= 11 is 0. The molecule has 0 aliphatic rings. The Morgan fingerprint density at radius 3 is 2.67 bits per heavy atom. The molecule has 5 heteroatoms. The zero-order valence-electron chi connectivity index (χ0n) is 10.8. The van der Waals surface area contributed by atoms with Gasteiger partial charge in [-0.05, 0) is 30.5 Å². The topological polar surface area (TPSA) is 68.8 Å². The van der Waals surface area contributed by atoms with Crippen molar-refractivity contribution in [3.8, 4) is 0 Å². The maximum absolute atomic E-state index is 6.04. The third kappa shape index (κ3) is 2.61. The van der Waals surface area contributed by atoms with Crippen LogP contribution in [0.15, 0.2) is 24.5 Å². The van der Waals surface area contributed by atoms with E-state index in [2.05, 4.69) is 22.3 Å². The monoisotopic (exact) mass is 245 g/mol. The zero-order valence-corrected chi connectivity index (χ0v) is 10.8. The number of nitrogens with zero attached hydrogens (tertiary/aromatic N) is 3. The first kappa shape index (κ1) is 12.4. The van der Waals surface area contributed by atoms with Gasteiger partial charge in [-0.25, -0.2) is 0 Å². The van der Waals surface area contributed by atoms with E-state index in [0.29, 0.717) is 0 Å². The summed E-state index contributed by atoms with van der Waals surface area (Å²) in [6.07, 6.45) is 5.41. The smallest absolute Gasteiger partial charge is 0.147 e. The highest BCUT2D eigenvalue weighted by Gasteiger charge is 2.10. The number of nitrogens with one attached hydrogen (secondary N) is 1. The number of aromatic nitrogens is 3. The van der Waals surface area contributed by atoms with Crippen molar-refractivity contribution in [2.24, 2.45) is 7.05 Å². The third-order valence-corrected chi connectivity index (χ3v) is 2.95. The van der Waals surface area contributed by atoms with Crippen LogP contribution in [0.4, 0.5) is 11.5 Å². The van der Waals surface area contributed by atoms with Gasteiger partial charge in [0.25, 0.3) is 0 Å². The van der Waals surface area contributed by atoms with Gasteiger partial charge in [-0.2, -0.15) is 5.10 Å². The molecule has 0 aliphatic heterocycles. The predicted molar refractivity (Wildman–Crippen MR) is 73.4 cm³/mol. The molecule has 2 heterocycles. The summed E-state index contributed by atoms with van der Waals surface area (Å²) in [7, 11) is 1.91. The van der Waals surface area contributed by atoms with Crippen LogP contribution in [-0.2, 0) is 19.9 Å². The Bertz CT molecular complexity index is 504. The van der Waals surface area contributed by atoms with E-state index < -0.39 is 0 Å². The Labute approximate surface area is 107 Å². The van der Waals surface area contributed by atoms with E-state index in [1.165, 1.54) is 5.56 Å². The van der Waals surface area contributed by atoms with Crippen molar-refractivity contribution in [2.75, 3.05) is 17.6 Å². The van der Waals surface area contributed by atoms with Gasteiger partial charge in [0.1, 0.15) is 5.82 Å². The first-order chi connectivity index (χ1) is 8.72. The van der Waals surface area contributed by atoms with E-state index in [9.17, 15) is 0 Å². The predicted octanol–water partition coefficient (Wildman–Crippen LogP) is 1.61. The largest absolute Gasteiger partial charge is 0.394 e. The van der Waals surface area contributed by atoms with Crippen LogP contribution in [0.25, 0.3) is 0 Å². The highest BCUT2D eigenvalue weighted by atomic mass is 15.3. The van der Waals surface area contributed by atoms with Gasteiger partial charge >= 0.3 is 0 Å². The summed E-state index contributed by atoms with van der Waals surface area (Å²) in [5.74, 6) is 0.904. The fraction of sp³-hybridized carbons (Fsp3) is 0.385. The summed E-state index contributed by atoms with van der Waals surface area (Å²) in [4.78, 5) is 4.00. The van der Waals surface area contributed by atoms with Crippen molar-refractivity contribution >= 4 is 11.5 Å². The molecule has 5 nitrogen and oxygen atoms in total. The number of pyridine rings is 1. The van der Waals surface area contributed by atoms with Crippen LogP contribution >= 0.6 is 0 Å². The minimum absolute atomic E-state index is 0.759. The van der Waals surface area contributed by atoms with Crippen molar-refractivity contribution in [3.05, 3.63) is 35.8 Å². The molecule has 2 aromatic rings. The van der Waals surface area contributed by atoms with Crippen molar-refractivity contribution in [3.63, 3.8) is 0 Å². The van der Waals surface area contributed by atoms with E-state index in [-0.39, 0.29) is 0 Å². The van der Waals surface area contributed by atoms with E-state index in [1.54, 1.807) is 4.68 Å². The highest BCUT2D eigenvalue weighted by Crippen LogP contribution is 2.21. The van der Waals surface area contributed by atoms with Gasteiger partial charge in [0, 0.05) is 26.0 Å². The molecule has 0 atom stereocenters. The van der Waals surface area contributed by atoms with E-state index >= 15 is 0 Å². The van der Waals surface area contributed by atoms with Crippen LogP contribution in [0.1, 0.15) is 18.2 Å². The van der Waals surface area contributed by atoms with Crippen LogP contribution in [0.5, 0.6) is 0 Å². The Morgan fingerprint density at radius 2 is 2.06 bits per heavy atom. The molecule has 0 fully saturated rings. The summed E-state index contributed by atoms with van der Waals surface area (Å²) in [5.41, 5.74) is 9.00. The zero-order chi connectivity index (χ0) is 13.0. The molecule has 0 aliphatic carbocycles. The highest BCUT2D eigenvalue weighted by molar-refractivity contribution is 5.65. The third-order valence-electron chi connectivity index (χ3n) is 2.95. The molecule has 2 aromatic heterocycles. The molecule has 0 unspecified atom stereocenters. The number of anilines is 2. The van der Waals surface area contributed by atoms with Gasteiger partial charge in [0.15, 0.2) is 0 Å². The second-order valence-electron chi connectivity index (χ2n) is 4.22. The lowest BCUT2D eigenvalue weighted by molar-refractivity contribution is 0.747. The van der Waals surface area contributed by atoms with Crippen LogP contribution in [0.3, 0.4) is 0 Å². The van der Waals surface area contributed by atoms with Crippen molar-refractivity contribution in [2.45, 2.75) is 19.8 Å². The summed E-state index contributed by atoms with van der Waals surface area (Å²) in [5, 5.41) is 7.71. The maximum Gasteiger partial charge on any atom is 0.147 e. The van der Waals surface area contributed by atoms with Crippen molar-refractivity contribution in [1.82, 2.24) is 14.8 Å². The van der Waals surface area contributed by atoms with Gasteiger partial charge in [0.2, 0.25) is 0 Å². The number of rotatable bonds is 5. The molecule has 0 saturated heterocycles. The molecule has 96 valence electrons. The number of aryl methyl sites for hydroxylation is 2. The fourth-order valence-electron chi connectivity index (χ4n) is 1.94. The fourth-order valence-corrected chi connectivity index (χ4v) is 1.94. The second-order valence-corrected chi connectivity index (χ2v) is 4.22. The lowest BCUT2D eigenvalue weighted by atomic mass is 10.2. The molecule has 0 saturated carbocycles. The lowest BCUT2D eigenvalue weighted by Gasteiger charge is -2.07.